The van der Waals surface area contributed by atoms with Crippen LogP contribution in [0.15, 0.2) is 24.3 Å². The first-order chi connectivity index (χ1) is 9.83. The zero-order valence-corrected chi connectivity index (χ0v) is 12.8. The van der Waals surface area contributed by atoms with Crippen LogP contribution in [0.1, 0.15) is 49.8 Å². The fourth-order valence-corrected chi connectivity index (χ4v) is 2.04. The summed E-state index contributed by atoms with van der Waals surface area (Å²) in [6, 6.07) is 8.23. The van der Waals surface area contributed by atoms with Gasteiger partial charge in [0, 0.05) is 13.0 Å². The SMILES string of the molecule is CNC(COCCCC(F)(F)F)c1ccc(C(C)C)cc1. The highest BCUT2D eigenvalue weighted by atomic mass is 19.4. The maximum Gasteiger partial charge on any atom is 0.389 e. The van der Waals surface area contributed by atoms with Gasteiger partial charge in [0.25, 0.3) is 0 Å². The Bertz CT molecular complexity index is 401. The van der Waals surface area contributed by atoms with Gasteiger partial charge >= 0.3 is 6.18 Å². The van der Waals surface area contributed by atoms with E-state index in [2.05, 4.69) is 31.3 Å². The highest BCUT2D eigenvalue weighted by molar-refractivity contribution is 5.26. The molecule has 0 fully saturated rings. The van der Waals surface area contributed by atoms with E-state index in [0.29, 0.717) is 12.5 Å². The Morgan fingerprint density at radius 3 is 2.14 bits per heavy atom. The highest BCUT2D eigenvalue weighted by Crippen LogP contribution is 2.22. The molecular weight excluding hydrogens is 279 g/mol. The number of likely N-dealkylation sites (N-methyl/N-ethyl adjacent to an activating group) is 1. The van der Waals surface area contributed by atoms with Crippen molar-refractivity contribution in [3.8, 4) is 0 Å². The standard InChI is InChI=1S/C16H24F3NO/c1-12(2)13-5-7-14(8-6-13)15(20-3)11-21-10-4-9-16(17,18)19/h5-8,12,15,20H,4,9-11H2,1-3H3. The molecule has 0 bridgehead atoms. The Balaban J connectivity index is 2.40. The topological polar surface area (TPSA) is 21.3 Å². The first kappa shape index (κ1) is 18.0. The second-order valence-electron chi connectivity index (χ2n) is 5.46. The molecule has 0 amide bonds. The van der Waals surface area contributed by atoms with Crippen molar-refractivity contribution in [2.24, 2.45) is 0 Å². The molecule has 0 heterocycles. The van der Waals surface area contributed by atoms with Crippen LogP contribution in [0.25, 0.3) is 0 Å². The third-order valence-electron chi connectivity index (χ3n) is 3.39. The molecule has 0 aliphatic rings. The van der Waals surface area contributed by atoms with E-state index in [1.54, 1.807) is 0 Å². The highest BCUT2D eigenvalue weighted by Gasteiger charge is 2.26. The minimum atomic E-state index is -4.10. The Morgan fingerprint density at radius 2 is 1.67 bits per heavy atom. The number of benzene rings is 1. The summed E-state index contributed by atoms with van der Waals surface area (Å²) in [5, 5.41) is 3.13. The van der Waals surface area contributed by atoms with Crippen LogP contribution in [-0.4, -0.2) is 26.4 Å². The van der Waals surface area contributed by atoms with Crippen molar-refractivity contribution < 1.29 is 17.9 Å². The summed E-state index contributed by atoms with van der Waals surface area (Å²) >= 11 is 0. The van der Waals surface area contributed by atoms with Crippen molar-refractivity contribution in [2.45, 2.75) is 44.8 Å². The van der Waals surface area contributed by atoms with Crippen LogP contribution in [0.5, 0.6) is 0 Å². The zero-order chi connectivity index (χ0) is 15.9. The lowest BCUT2D eigenvalue weighted by atomic mass is 9.99. The molecule has 1 N–H and O–H groups in total. The summed E-state index contributed by atoms with van der Waals surface area (Å²) in [7, 11) is 1.82. The molecule has 2 nitrogen and oxygen atoms in total. The van der Waals surface area contributed by atoms with E-state index in [9.17, 15) is 13.2 Å². The van der Waals surface area contributed by atoms with Crippen molar-refractivity contribution >= 4 is 0 Å². The minimum absolute atomic E-state index is 0.00269. The van der Waals surface area contributed by atoms with Gasteiger partial charge in [-0.25, -0.2) is 0 Å². The molecule has 0 radical (unpaired) electrons. The van der Waals surface area contributed by atoms with E-state index in [1.807, 2.05) is 19.2 Å². The fraction of sp³-hybridized carbons (Fsp3) is 0.625. The molecule has 1 aromatic carbocycles. The zero-order valence-electron chi connectivity index (χ0n) is 12.8. The second kappa shape index (κ2) is 8.39. The van der Waals surface area contributed by atoms with Crippen molar-refractivity contribution in [3.05, 3.63) is 35.4 Å². The Hall–Kier alpha value is -1.07. The molecule has 0 aliphatic heterocycles. The average Bonchev–Trinajstić information content (AvgIpc) is 2.42. The van der Waals surface area contributed by atoms with Gasteiger partial charge in [-0.05, 0) is 30.5 Å². The molecule has 1 rings (SSSR count). The van der Waals surface area contributed by atoms with Crippen LogP contribution in [0, 0.1) is 0 Å². The molecule has 0 saturated carbocycles. The Labute approximate surface area is 124 Å². The van der Waals surface area contributed by atoms with Crippen molar-refractivity contribution in [1.82, 2.24) is 5.32 Å². The van der Waals surface area contributed by atoms with E-state index in [-0.39, 0.29) is 19.1 Å². The van der Waals surface area contributed by atoms with Crippen LogP contribution >= 0.6 is 0 Å². The second-order valence-corrected chi connectivity index (χ2v) is 5.46. The minimum Gasteiger partial charge on any atom is -0.379 e. The van der Waals surface area contributed by atoms with Crippen LogP contribution in [-0.2, 0) is 4.74 Å². The normalized spacial score (nSPS) is 13.7. The largest absolute Gasteiger partial charge is 0.389 e. The maximum absolute atomic E-state index is 12.0. The molecule has 5 heteroatoms. The molecule has 0 aliphatic carbocycles. The molecule has 1 atom stereocenters. The smallest absolute Gasteiger partial charge is 0.379 e. The van der Waals surface area contributed by atoms with Gasteiger partial charge < -0.3 is 10.1 Å². The summed E-state index contributed by atoms with van der Waals surface area (Å²) in [4.78, 5) is 0. The molecule has 1 unspecified atom stereocenters. The number of halogens is 3. The van der Waals surface area contributed by atoms with Gasteiger partial charge in [-0.3, -0.25) is 0 Å². The third kappa shape index (κ3) is 6.96. The number of hydrogen-bond donors (Lipinski definition) is 1. The lowest BCUT2D eigenvalue weighted by molar-refractivity contribution is -0.138. The quantitative estimate of drug-likeness (QED) is 0.717. The predicted molar refractivity (Wildman–Crippen MR) is 78.4 cm³/mol. The molecule has 0 aromatic heterocycles. The lowest BCUT2D eigenvalue weighted by Crippen LogP contribution is -2.22. The average molecular weight is 303 g/mol. The summed E-state index contributed by atoms with van der Waals surface area (Å²) in [5.41, 5.74) is 2.34. The number of rotatable bonds is 8. The van der Waals surface area contributed by atoms with Crippen LogP contribution in [0.3, 0.4) is 0 Å². The lowest BCUT2D eigenvalue weighted by Gasteiger charge is -2.18. The van der Waals surface area contributed by atoms with E-state index >= 15 is 0 Å². The predicted octanol–water partition coefficient (Wildman–Crippen LogP) is 4.43. The molecule has 21 heavy (non-hydrogen) atoms. The molecule has 0 saturated heterocycles. The van der Waals surface area contributed by atoms with Gasteiger partial charge in [0.2, 0.25) is 0 Å². The van der Waals surface area contributed by atoms with Gasteiger partial charge in [-0.1, -0.05) is 38.1 Å². The molecule has 0 spiro atoms. The van der Waals surface area contributed by atoms with E-state index in [4.69, 9.17) is 4.74 Å². The van der Waals surface area contributed by atoms with Gasteiger partial charge in [0.1, 0.15) is 0 Å². The maximum atomic E-state index is 12.0. The Morgan fingerprint density at radius 1 is 1.10 bits per heavy atom. The van der Waals surface area contributed by atoms with E-state index in [0.717, 1.165) is 5.56 Å². The van der Waals surface area contributed by atoms with Crippen LogP contribution in [0.4, 0.5) is 13.2 Å². The molecular formula is C16H24F3NO. The summed E-state index contributed by atoms with van der Waals surface area (Å²) in [5.74, 6) is 0.478. The van der Waals surface area contributed by atoms with E-state index < -0.39 is 12.6 Å². The van der Waals surface area contributed by atoms with Gasteiger partial charge in [-0.2, -0.15) is 13.2 Å². The first-order valence-corrected chi connectivity index (χ1v) is 7.25. The van der Waals surface area contributed by atoms with Gasteiger partial charge in [0.05, 0.1) is 12.6 Å². The molecule has 1 aromatic rings. The van der Waals surface area contributed by atoms with Crippen LogP contribution < -0.4 is 5.32 Å². The Kier molecular flexibility index (Phi) is 7.18. The van der Waals surface area contributed by atoms with Gasteiger partial charge in [0.15, 0.2) is 0 Å². The van der Waals surface area contributed by atoms with Crippen LogP contribution in [0.2, 0.25) is 0 Å². The summed E-state index contributed by atoms with van der Waals surface area (Å²) in [6.45, 7) is 4.76. The third-order valence-corrected chi connectivity index (χ3v) is 3.39. The van der Waals surface area contributed by atoms with E-state index in [1.165, 1.54) is 5.56 Å². The number of alkyl halides is 3. The summed E-state index contributed by atoms with van der Waals surface area (Å²) < 4.78 is 41.4. The number of hydrogen-bond acceptors (Lipinski definition) is 2. The number of ether oxygens (including phenoxy) is 1. The monoisotopic (exact) mass is 303 g/mol. The number of nitrogens with one attached hydrogen (secondary N) is 1. The molecule has 120 valence electrons. The first-order valence-electron chi connectivity index (χ1n) is 7.25. The van der Waals surface area contributed by atoms with Crippen molar-refractivity contribution in [2.75, 3.05) is 20.3 Å². The van der Waals surface area contributed by atoms with Crippen molar-refractivity contribution in [1.29, 1.82) is 0 Å². The fourth-order valence-electron chi connectivity index (χ4n) is 2.04. The van der Waals surface area contributed by atoms with Gasteiger partial charge in [-0.15, -0.1) is 0 Å². The summed E-state index contributed by atoms with van der Waals surface area (Å²) in [6.07, 6.45) is -4.88. The van der Waals surface area contributed by atoms with Crippen molar-refractivity contribution in [3.63, 3.8) is 0 Å².